The fourth-order valence-corrected chi connectivity index (χ4v) is 3.16. The third kappa shape index (κ3) is 6.53. The SMILES string of the molecule is C#C.CCC1CCNCC1NC(=O)N(CC)/N=C\Cc1ccccc1C. The molecule has 0 spiro atoms. The normalized spacial score (nSPS) is 19.4. The quantitative estimate of drug-likeness (QED) is 0.467. The van der Waals surface area contributed by atoms with E-state index in [-0.39, 0.29) is 12.1 Å². The average Bonchev–Trinajstić information content (AvgIpc) is 2.68. The van der Waals surface area contributed by atoms with E-state index < -0.39 is 0 Å². The number of nitrogens with one attached hydrogen (secondary N) is 2. The van der Waals surface area contributed by atoms with Crippen LogP contribution in [-0.2, 0) is 6.42 Å². The summed E-state index contributed by atoms with van der Waals surface area (Å²) in [6, 6.07) is 8.33. The number of terminal acetylenes is 1. The Morgan fingerprint density at radius 2 is 2.12 bits per heavy atom. The van der Waals surface area contributed by atoms with Gasteiger partial charge in [-0.1, -0.05) is 37.6 Å². The van der Waals surface area contributed by atoms with E-state index in [2.05, 4.69) is 54.6 Å². The molecule has 2 unspecified atom stereocenters. The van der Waals surface area contributed by atoms with Gasteiger partial charge in [0.05, 0.1) is 0 Å². The first kappa shape index (κ1) is 21.7. The second-order valence-electron chi connectivity index (χ2n) is 6.36. The van der Waals surface area contributed by atoms with E-state index in [1.165, 1.54) is 16.1 Å². The first-order valence-electron chi connectivity index (χ1n) is 9.34. The van der Waals surface area contributed by atoms with Gasteiger partial charge in [-0.15, -0.1) is 12.8 Å². The van der Waals surface area contributed by atoms with Crippen LogP contribution in [0.2, 0.25) is 0 Å². The van der Waals surface area contributed by atoms with Crippen molar-refractivity contribution in [1.29, 1.82) is 0 Å². The Morgan fingerprint density at radius 1 is 1.38 bits per heavy atom. The Bertz CT molecular complexity index is 597. The number of amides is 2. The number of hydrazone groups is 1. The second-order valence-corrected chi connectivity index (χ2v) is 6.36. The van der Waals surface area contributed by atoms with Gasteiger partial charge in [0.1, 0.15) is 0 Å². The van der Waals surface area contributed by atoms with Crippen molar-refractivity contribution in [3.05, 3.63) is 35.4 Å². The molecule has 0 aliphatic carbocycles. The van der Waals surface area contributed by atoms with E-state index in [9.17, 15) is 4.79 Å². The van der Waals surface area contributed by atoms with Crippen LogP contribution in [0.4, 0.5) is 4.79 Å². The topological polar surface area (TPSA) is 56.7 Å². The van der Waals surface area contributed by atoms with Crippen molar-refractivity contribution in [3.8, 4) is 12.8 Å². The maximum Gasteiger partial charge on any atom is 0.338 e. The van der Waals surface area contributed by atoms with E-state index in [1.807, 2.05) is 25.3 Å². The monoisotopic (exact) mass is 356 g/mol. The van der Waals surface area contributed by atoms with Gasteiger partial charge in [-0.3, -0.25) is 0 Å². The molecule has 1 aliphatic heterocycles. The maximum atomic E-state index is 12.5. The van der Waals surface area contributed by atoms with Crippen LogP contribution in [0.5, 0.6) is 0 Å². The van der Waals surface area contributed by atoms with E-state index in [0.717, 1.165) is 32.4 Å². The van der Waals surface area contributed by atoms with Crippen molar-refractivity contribution in [1.82, 2.24) is 15.6 Å². The molecule has 2 atom stereocenters. The highest BCUT2D eigenvalue weighted by Crippen LogP contribution is 2.16. The van der Waals surface area contributed by atoms with Gasteiger partial charge in [-0.2, -0.15) is 5.10 Å². The van der Waals surface area contributed by atoms with Crippen LogP contribution in [0.1, 0.15) is 37.8 Å². The Morgan fingerprint density at radius 3 is 2.77 bits per heavy atom. The van der Waals surface area contributed by atoms with Gasteiger partial charge in [-0.25, -0.2) is 9.80 Å². The number of carbonyl (C=O) groups is 1. The van der Waals surface area contributed by atoms with Gasteiger partial charge in [-0.05, 0) is 43.9 Å². The minimum absolute atomic E-state index is 0.106. The predicted octanol–water partition coefficient (Wildman–Crippen LogP) is 3.19. The van der Waals surface area contributed by atoms with Gasteiger partial charge in [0, 0.05) is 31.8 Å². The minimum Gasteiger partial charge on any atom is -0.332 e. The van der Waals surface area contributed by atoms with Gasteiger partial charge in [0.2, 0.25) is 0 Å². The lowest BCUT2D eigenvalue weighted by Gasteiger charge is -2.33. The number of piperidine rings is 1. The summed E-state index contributed by atoms with van der Waals surface area (Å²) in [5, 5.41) is 12.4. The third-order valence-corrected chi connectivity index (χ3v) is 4.79. The molecule has 2 N–H and O–H groups in total. The molecule has 142 valence electrons. The van der Waals surface area contributed by atoms with E-state index >= 15 is 0 Å². The molecule has 0 aromatic heterocycles. The highest BCUT2D eigenvalue weighted by Gasteiger charge is 2.26. The van der Waals surface area contributed by atoms with Crippen molar-refractivity contribution in [2.75, 3.05) is 19.6 Å². The number of carbonyl (C=O) groups excluding carboxylic acids is 1. The molecule has 5 nitrogen and oxygen atoms in total. The van der Waals surface area contributed by atoms with Crippen molar-refractivity contribution in [2.45, 2.75) is 46.1 Å². The molecule has 1 saturated heterocycles. The summed E-state index contributed by atoms with van der Waals surface area (Å²) >= 11 is 0. The summed E-state index contributed by atoms with van der Waals surface area (Å²) in [7, 11) is 0. The first-order chi connectivity index (χ1) is 12.7. The molecule has 1 heterocycles. The molecule has 0 radical (unpaired) electrons. The molecule has 0 bridgehead atoms. The van der Waals surface area contributed by atoms with E-state index in [4.69, 9.17) is 0 Å². The molecule has 5 heteroatoms. The zero-order valence-electron chi connectivity index (χ0n) is 16.2. The third-order valence-electron chi connectivity index (χ3n) is 4.79. The molecule has 1 aliphatic rings. The fourth-order valence-electron chi connectivity index (χ4n) is 3.16. The molecule has 0 saturated carbocycles. The Balaban J connectivity index is 0.00000163. The van der Waals surface area contributed by atoms with Gasteiger partial charge in [0.15, 0.2) is 0 Å². The summed E-state index contributed by atoms with van der Waals surface area (Å²) < 4.78 is 0. The molecule has 2 rings (SSSR count). The van der Waals surface area contributed by atoms with Crippen molar-refractivity contribution in [3.63, 3.8) is 0 Å². The smallest absolute Gasteiger partial charge is 0.332 e. The maximum absolute atomic E-state index is 12.5. The Hall–Kier alpha value is -2.32. The highest BCUT2D eigenvalue weighted by molar-refractivity contribution is 5.75. The summed E-state index contributed by atoms with van der Waals surface area (Å²) in [4.78, 5) is 12.5. The van der Waals surface area contributed by atoms with Crippen LogP contribution in [0, 0.1) is 25.7 Å². The largest absolute Gasteiger partial charge is 0.338 e. The van der Waals surface area contributed by atoms with Gasteiger partial charge >= 0.3 is 6.03 Å². The Labute approximate surface area is 158 Å². The molecule has 26 heavy (non-hydrogen) atoms. The average molecular weight is 357 g/mol. The minimum atomic E-state index is -0.106. The van der Waals surface area contributed by atoms with Crippen LogP contribution in [-0.4, -0.2) is 42.9 Å². The number of aryl methyl sites for hydroxylation is 1. The lowest BCUT2D eigenvalue weighted by atomic mass is 9.90. The van der Waals surface area contributed by atoms with Crippen molar-refractivity contribution < 1.29 is 4.79 Å². The fraction of sp³-hybridized carbons (Fsp3) is 0.524. The highest BCUT2D eigenvalue weighted by atomic mass is 16.2. The molecule has 1 aromatic rings. The number of benzene rings is 1. The zero-order chi connectivity index (χ0) is 19.4. The number of nitrogens with zero attached hydrogens (tertiary/aromatic N) is 2. The molecular weight excluding hydrogens is 324 g/mol. The van der Waals surface area contributed by atoms with E-state index in [1.54, 1.807) is 0 Å². The summed E-state index contributed by atoms with van der Waals surface area (Å²) in [5.74, 6) is 0.546. The molecular formula is C21H32N4O. The van der Waals surface area contributed by atoms with Crippen LogP contribution >= 0.6 is 0 Å². The van der Waals surface area contributed by atoms with Crippen LogP contribution in [0.25, 0.3) is 0 Å². The standard InChI is InChI=1S/C19H30N4O.C2H2/c1-4-16-10-12-20-14-18(16)22-19(24)23(5-2)21-13-11-17-9-7-6-8-15(17)3;1-2/h6-9,13,16,18,20H,4-5,10-12,14H2,1-3H3,(H,22,24);1-2H/b21-13-;. The van der Waals surface area contributed by atoms with Gasteiger partial charge < -0.3 is 10.6 Å². The summed E-state index contributed by atoms with van der Waals surface area (Å²) in [5.41, 5.74) is 2.48. The predicted molar refractivity (Wildman–Crippen MR) is 109 cm³/mol. The lowest BCUT2D eigenvalue weighted by Crippen LogP contribution is -2.53. The summed E-state index contributed by atoms with van der Waals surface area (Å²) in [6.45, 7) is 8.67. The van der Waals surface area contributed by atoms with E-state index in [0.29, 0.717) is 12.5 Å². The number of urea groups is 1. The molecule has 1 fully saturated rings. The zero-order valence-corrected chi connectivity index (χ0v) is 16.2. The van der Waals surface area contributed by atoms with Gasteiger partial charge in [0.25, 0.3) is 0 Å². The number of hydrogen-bond acceptors (Lipinski definition) is 3. The Kier molecular flexibility index (Phi) is 10.1. The number of rotatable bonds is 6. The molecule has 2 amide bonds. The van der Waals surface area contributed by atoms with Crippen LogP contribution < -0.4 is 10.6 Å². The van der Waals surface area contributed by atoms with Crippen LogP contribution in [0.15, 0.2) is 29.4 Å². The van der Waals surface area contributed by atoms with Crippen molar-refractivity contribution >= 4 is 12.2 Å². The number of hydrogen-bond donors (Lipinski definition) is 2. The lowest BCUT2D eigenvalue weighted by molar-refractivity contribution is 0.186. The first-order valence-corrected chi connectivity index (χ1v) is 9.34. The summed E-state index contributed by atoms with van der Waals surface area (Å²) in [6.07, 6.45) is 12.8. The molecule has 1 aromatic carbocycles. The van der Waals surface area contributed by atoms with Crippen LogP contribution in [0.3, 0.4) is 0 Å². The van der Waals surface area contributed by atoms with Crippen molar-refractivity contribution in [2.24, 2.45) is 11.0 Å². The second kappa shape index (κ2) is 12.1.